The monoisotopic (exact) mass is 333 g/mol. The molecule has 2 atom stereocenters. The molecule has 1 aliphatic rings. The number of hydrogen-bond donors (Lipinski definition) is 2. The predicted molar refractivity (Wildman–Crippen MR) is 83.7 cm³/mol. The third-order valence-corrected chi connectivity index (χ3v) is 4.14. The first-order valence-corrected chi connectivity index (χ1v) is 7.69. The average Bonchev–Trinajstić information content (AvgIpc) is 3.04. The lowest BCUT2D eigenvalue weighted by Gasteiger charge is -2.14. The summed E-state index contributed by atoms with van der Waals surface area (Å²) >= 11 is 0. The van der Waals surface area contributed by atoms with Crippen LogP contribution in [0.2, 0.25) is 0 Å². The zero-order valence-electron chi connectivity index (χ0n) is 12.8. The highest BCUT2D eigenvalue weighted by atomic mass is 19.1. The van der Waals surface area contributed by atoms with E-state index in [1.165, 1.54) is 12.1 Å². The van der Waals surface area contributed by atoms with Crippen LogP contribution in [0.5, 0.6) is 5.75 Å². The number of hydrogen-bond acceptors (Lipinski definition) is 3. The van der Waals surface area contributed by atoms with E-state index < -0.39 is 17.8 Å². The van der Waals surface area contributed by atoms with Crippen molar-refractivity contribution in [3.05, 3.63) is 65.2 Å². The van der Waals surface area contributed by atoms with E-state index in [2.05, 4.69) is 5.32 Å². The summed E-state index contributed by atoms with van der Waals surface area (Å²) in [5.74, 6) is -1.47. The Labute approximate surface area is 138 Å². The maximum Gasteiger partial charge on any atom is 0.320 e. The zero-order chi connectivity index (χ0) is 17.1. The first-order chi connectivity index (χ1) is 11.5. The average molecular weight is 333 g/mol. The Balaban J connectivity index is 1.67. The molecule has 0 bridgehead atoms. The van der Waals surface area contributed by atoms with E-state index in [9.17, 15) is 13.6 Å². The van der Waals surface area contributed by atoms with Crippen LogP contribution in [0.3, 0.4) is 0 Å². The smallest absolute Gasteiger partial charge is 0.320 e. The topological polar surface area (TPSA) is 58.6 Å². The maximum atomic E-state index is 14.3. The number of nitrogens with one attached hydrogen (secondary N) is 1. The van der Waals surface area contributed by atoms with Crippen LogP contribution in [0.4, 0.5) is 8.78 Å². The molecular weight excluding hydrogens is 316 g/mol. The summed E-state index contributed by atoms with van der Waals surface area (Å²) in [7, 11) is 0. The molecule has 24 heavy (non-hydrogen) atoms. The van der Waals surface area contributed by atoms with Crippen LogP contribution in [0, 0.1) is 11.6 Å². The highest BCUT2D eigenvalue weighted by Gasteiger charge is 2.31. The molecule has 0 aliphatic carbocycles. The molecule has 6 heteroatoms. The molecule has 4 nitrogen and oxygen atoms in total. The van der Waals surface area contributed by atoms with E-state index in [0.717, 1.165) is 0 Å². The minimum Gasteiger partial charge on any atom is -0.489 e. The highest BCUT2D eigenvalue weighted by molar-refractivity contribution is 5.74. The van der Waals surface area contributed by atoms with Gasteiger partial charge < -0.3 is 9.84 Å². The van der Waals surface area contributed by atoms with Crippen molar-refractivity contribution in [1.82, 2.24) is 5.32 Å². The van der Waals surface area contributed by atoms with Gasteiger partial charge in [-0.3, -0.25) is 10.1 Å². The number of halogens is 2. The molecule has 1 fully saturated rings. The number of ether oxygens (including phenoxy) is 1. The van der Waals surface area contributed by atoms with Crippen LogP contribution >= 0.6 is 0 Å². The number of rotatable bonds is 5. The van der Waals surface area contributed by atoms with Gasteiger partial charge >= 0.3 is 5.97 Å². The van der Waals surface area contributed by atoms with Gasteiger partial charge in [0.05, 0.1) is 0 Å². The highest BCUT2D eigenvalue weighted by Crippen LogP contribution is 2.30. The molecule has 0 amide bonds. The van der Waals surface area contributed by atoms with Gasteiger partial charge in [-0.15, -0.1) is 0 Å². The second-order valence-corrected chi connectivity index (χ2v) is 5.75. The standard InChI is InChI=1S/C18H17F2NO3/c19-14-4-2-1-3-11(14)10-24-12-5-6-13(15(20)9-12)16-7-8-17(21-16)18(22)23/h1-6,9,16-17,21H,7-8,10H2,(H,22,23). The van der Waals surface area contributed by atoms with E-state index in [-0.39, 0.29) is 18.5 Å². The molecule has 3 rings (SSSR count). The quantitative estimate of drug-likeness (QED) is 0.880. The molecule has 2 unspecified atom stereocenters. The molecule has 2 aromatic carbocycles. The lowest BCUT2D eigenvalue weighted by molar-refractivity contribution is -0.139. The molecule has 0 radical (unpaired) electrons. The summed E-state index contributed by atoms with van der Waals surface area (Å²) in [4.78, 5) is 11.0. The Morgan fingerprint density at radius 1 is 1.17 bits per heavy atom. The molecule has 2 aromatic rings. The fraction of sp³-hybridized carbons (Fsp3) is 0.278. The number of carboxylic acid groups (broad SMARTS) is 1. The molecular formula is C18H17F2NO3. The van der Waals surface area contributed by atoms with Gasteiger partial charge in [-0.2, -0.15) is 0 Å². The van der Waals surface area contributed by atoms with Crippen molar-refractivity contribution in [2.75, 3.05) is 0 Å². The second-order valence-electron chi connectivity index (χ2n) is 5.75. The van der Waals surface area contributed by atoms with Gasteiger partial charge in [0.25, 0.3) is 0 Å². The Morgan fingerprint density at radius 2 is 1.96 bits per heavy atom. The van der Waals surface area contributed by atoms with Gasteiger partial charge in [0.15, 0.2) is 0 Å². The van der Waals surface area contributed by atoms with Gasteiger partial charge in [-0.05, 0) is 25.0 Å². The number of benzene rings is 2. The van der Waals surface area contributed by atoms with Gasteiger partial charge in [0.1, 0.15) is 30.0 Å². The Hall–Kier alpha value is -2.47. The molecule has 126 valence electrons. The fourth-order valence-corrected chi connectivity index (χ4v) is 2.84. The van der Waals surface area contributed by atoms with E-state index >= 15 is 0 Å². The van der Waals surface area contributed by atoms with Crippen molar-refractivity contribution in [2.45, 2.75) is 31.5 Å². The lowest BCUT2D eigenvalue weighted by Crippen LogP contribution is -2.32. The molecule has 1 saturated heterocycles. The normalized spacial score (nSPS) is 20.1. The van der Waals surface area contributed by atoms with Crippen LogP contribution in [-0.2, 0) is 11.4 Å². The molecule has 0 saturated carbocycles. The minimum absolute atomic E-state index is 0.00816. The van der Waals surface area contributed by atoms with Crippen LogP contribution in [-0.4, -0.2) is 17.1 Å². The summed E-state index contributed by atoms with van der Waals surface area (Å²) in [5.41, 5.74) is 0.806. The van der Waals surface area contributed by atoms with Crippen molar-refractivity contribution in [1.29, 1.82) is 0 Å². The van der Waals surface area contributed by atoms with Crippen molar-refractivity contribution in [3.63, 3.8) is 0 Å². The van der Waals surface area contributed by atoms with Gasteiger partial charge in [-0.25, -0.2) is 8.78 Å². The number of aliphatic carboxylic acids is 1. The van der Waals surface area contributed by atoms with Crippen molar-refractivity contribution in [2.24, 2.45) is 0 Å². The minimum atomic E-state index is -0.928. The molecule has 1 heterocycles. The van der Waals surface area contributed by atoms with E-state index in [4.69, 9.17) is 9.84 Å². The molecule has 0 spiro atoms. The second kappa shape index (κ2) is 6.97. The largest absolute Gasteiger partial charge is 0.489 e. The van der Waals surface area contributed by atoms with Crippen LogP contribution < -0.4 is 10.1 Å². The van der Waals surface area contributed by atoms with Crippen molar-refractivity contribution in [3.8, 4) is 5.75 Å². The fourth-order valence-electron chi connectivity index (χ4n) is 2.84. The summed E-state index contributed by atoms with van der Waals surface area (Å²) in [5, 5.41) is 11.9. The molecule has 2 N–H and O–H groups in total. The summed E-state index contributed by atoms with van der Waals surface area (Å²) in [6.07, 6.45) is 1.02. The Bertz CT molecular complexity index is 751. The first-order valence-electron chi connectivity index (χ1n) is 7.69. The van der Waals surface area contributed by atoms with Crippen molar-refractivity contribution < 1.29 is 23.4 Å². The van der Waals surface area contributed by atoms with E-state index in [1.54, 1.807) is 30.3 Å². The third kappa shape index (κ3) is 3.54. The van der Waals surface area contributed by atoms with Crippen molar-refractivity contribution >= 4 is 5.97 Å². The predicted octanol–water partition coefficient (Wildman–Crippen LogP) is 3.42. The first kappa shape index (κ1) is 16.4. The summed E-state index contributed by atoms with van der Waals surface area (Å²) < 4.78 is 33.3. The van der Waals surface area contributed by atoms with Crippen LogP contribution in [0.1, 0.15) is 30.0 Å². The molecule has 0 aromatic heterocycles. The van der Waals surface area contributed by atoms with Gasteiger partial charge in [-0.1, -0.05) is 24.3 Å². The summed E-state index contributed by atoms with van der Waals surface area (Å²) in [6.45, 7) is 0.00816. The number of carboxylic acids is 1. The van der Waals surface area contributed by atoms with Gasteiger partial charge in [0, 0.05) is 23.2 Å². The summed E-state index contributed by atoms with van der Waals surface area (Å²) in [6, 6.07) is 9.69. The lowest BCUT2D eigenvalue weighted by atomic mass is 10.0. The maximum absolute atomic E-state index is 14.3. The van der Waals surface area contributed by atoms with Crippen LogP contribution in [0.25, 0.3) is 0 Å². The Kier molecular flexibility index (Phi) is 4.76. The van der Waals surface area contributed by atoms with Gasteiger partial charge in [0.2, 0.25) is 0 Å². The third-order valence-electron chi connectivity index (χ3n) is 4.14. The SMILES string of the molecule is O=C(O)C1CCC(c2ccc(OCc3ccccc3F)cc2F)N1. The zero-order valence-corrected chi connectivity index (χ0v) is 12.8. The van der Waals surface area contributed by atoms with E-state index in [0.29, 0.717) is 29.7 Å². The van der Waals surface area contributed by atoms with E-state index in [1.807, 2.05) is 0 Å². The number of carbonyl (C=O) groups is 1. The Morgan fingerprint density at radius 3 is 2.62 bits per heavy atom. The van der Waals surface area contributed by atoms with Crippen LogP contribution in [0.15, 0.2) is 42.5 Å². The molecule has 1 aliphatic heterocycles.